The van der Waals surface area contributed by atoms with E-state index in [4.69, 9.17) is 5.73 Å². The lowest BCUT2D eigenvalue weighted by Crippen LogP contribution is -2.17. The molecule has 0 aromatic carbocycles. The SMILES string of the molecule is CC(N)C1CC1c1cncc(Br)c1. The van der Waals surface area contributed by atoms with Crippen LogP contribution in [-0.2, 0) is 0 Å². The molecule has 0 amide bonds. The van der Waals surface area contributed by atoms with Crippen LogP contribution in [0.2, 0.25) is 0 Å². The smallest absolute Gasteiger partial charge is 0.0410 e. The zero-order chi connectivity index (χ0) is 9.42. The normalized spacial score (nSPS) is 28.5. The highest BCUT2D eigenvalue weighted by Crippen LogP contribution is 2.48. The molecule has 1 aliphatic rings. The summed E-state index contributed by atoms with van der Waals surface area (Å²) in [6, 6.07) is 2.45. The van der Waals surface area contributed by atoms with Crippen molar-refractivity contribution >= 4 is 15.9 Å². The lowest BCUT2D eigenvalue weighted by molar-refractivity contribution is 0.631. The first-order valence-corrected chi connectivity index (χ1v) is 5.34. The van der Waals surface area contributed by atoms with Crippen molar-refractivity contribution in [2.24, 2.45) is 11.7 Å². The van der Waals surface area contributed by atoms with E-state index in [1.54, 1.807) is 0 Å². The highest BCUT2D eigenvalue weighted by Gasteiger charge is 2.40. The van der Waals surface area contributed by atoms with Crippen molar-refractivity contribution in [1.29, 1.82) is 0 Å². The van der Waals surface area contributed by atoms with Gasteiger partial charge in [-0.3, -0.25) is 4.98 Å². The number of rotatable bonds is 2. The summed E-state index contributed by atoms with van der Waals surface area (Å²) >= 11 is 3.42. The highest BCUT2D eigenvalue weighted by atomic mass is 79.9. The third-order valence-electron chi connectivity index (χ3n) is 2.67. The predicted molar refractivity (Wildman–Crippen MR) is 56.4 cm³/mol. The van der Waals surface area contributed by atoms with Crippen LogP contribution in [0.1, 0.15) is 24.8 Å². The Morgan fingerprint density at radius 1 is 1.62 bits per heavy atom. The number of nitrogens with two attached hydrogens (primary N) is 1. The fourth-order valence-electron chi connectivity index (χ4n) is 1.81. The van der Waals surface area contributed by atoms with Gasteiger partial charge in [-0.2, -0.15) is 0 Å². The Bertz CT molecular complexity index is 312. The van der Waals surface area contributed by atoms with Gasteiger partial charge in [-0.15, -0.1) is 0 Å². The largest absolute Gasteiger partial charge is 0.328 e. The number of nitrogens with zero attached hydrogens (tertiary/aromatic N) is 1. The molecule has 13 heavy (non-hydrogen) atoms. The zero-order valence-electron chi connectivity index (χ0n) is 7.57. The molecular weight excluding hydrogens is 228 g/mol. The second-order valence-electron chi connectivity index (χ2n) is 3.80. The Balaban J connectivity index is 2.12. The van der Waals surface area contributed by atoms with E-state index in [9.17, 15) is 0 Å². The van der Waals surface area contributed by atoms with Crippen LogP contribution in [0, 0.1) is 5.92 Å². The molecule has 0 aliphatic heterocycles. The second kappa shape index (κ2) is 3.39. The highest BCUT2D eigenvalue weighted by molar-refractivity contribution is 9.10. The van der Waals surface area contributed by atoms with Crippen molar-refractivity contribution in [2.45, 2.75) is 25.3 Å². The van der Waals surface area contributed by atoms with E-state index in [1.165, 1.54) is 12.0 Å². The van der Waals surface area contributed by atoms with Gasteiger partial charge in [0.2, 0.25) is 0 Å². The average molecular weight is 241 g/mol. The number of hydrogen-bond donors (Lipinski definition) is 1. The van der Waals surface area contributed by atoms with Crippen molar-refractivity contribution in [3.63, 3.8) is 0 Å². The maximum Gasteiger partial charge on any atom is 0.0410 e. The minimum absolute atomic E-state index is 0.309. The van der Waals surface area contributed by atoms with E-state index >= 15 is 0 Å². The summed E-state index contributed by atoms with van der Waals surface area (Å²) in [6.07, 6.45) is 4.97. The Kier molecular flexibility index (Phi) is 2.39. The Morgan fingerprint density at radius 2 is 2.38 bits per heavy atom. The lowest BCUT2D eigenvalue weighted by atomic mass is 10.1. The molecular formula is C10H13BrN2. The van der Waals surface area contributed by atoms with Gasteiger partial charge in [0, 0.05) is 22.9 Å². The van der Waals surface area contributed by atoms with Gasteiger partial charge >= 0.3 is 0 Å². The van der Waals surface area contributed by atoms with Crippen molar-refractivity contribution in [2.75, 3.05) is 0 Å². The van der Waals surface area contributed by atoms with Crippen molar-refractivity contribution in [3.8, 4) is 0 Å². The summed E-state index contributed by atoms with van der Waals surface area (Å²) in [7, 11) is 0. The summed E-state index contributed by atoms with van der Waals surface area (Å²) in [4.78, 5) is 4.15. The molecule has 0 spiro atoms. The van der Waals surface area contributed by atoms with E-state index in [0.717, 1.165) is 4.47 Å². The second-order valence-corrected chi connectivity index (χ2v) is 4.72. The van der Waals surface area contributed by atoms with Crippen LogP contribution in [0.4, 0.5) is 0 Å². The van der Waals surface area contributed by atoms with Crippen LogP contribution in [0.25, 0.3) is 0 Å². The molecule has 1 saturated carbocycles. The number of aromatic nitrogens is 1. The Morgan fingerprint density at radius 3 is 2.92 bits per heavy atom. The molecule has 0 bridgehead atoms. The molecule has 2 rings (SSSR count). The topological polar surface area (TPSA) is 38.9 Å². The van der Waals surface area contributed by atoms with Crippen molar-refractivity contribution in [1.82, 2.24) is 4.98 Å². The molecule has 1 fully saturated rings. The first-order valence-electron chi connectivity index (χ1n) is 4.54. The molecule has 3 atom stereocenters. The van der Waals surface area contributed by atoms with Crippen LogP contribution < -0.4 is 5.73 Å². The third-order valence-corrected chi connectivity index (χ3v) is 3.10. The first-order chi connectivity index (χ1) is 6.18. The first kappa shape index (κ1) is 9.16. The van der Waals surface area contributed by atoms with Gasteiger partial charge in [0.1, 0.15) is 0 Å². The van der Waals surface area contributed by atoms with Crippen LogP contribution in [0.3, 0.4) is 0 Å². The van der Waals surface area contributed by atoms with Gasteiger partial charge in [0.05, 0.1) is 0 Å². The molecule has 2 nitrogen and oxygen atoms in total. The molecule has 1 heterocycles. The fourth-order valence-corrected chi connectivity index (χ4v) is 2.19. The van der Waals surface area contributed by atoms with Crippen LogP contribution in [0.5, 0.6) is 0 Å². The zero-order valence-corrected chi connectivity index (χ0v) is 9.16. The molecule has 3 unspecified atom stereocenters. The molecule has 70 valence electrons. The standard InChI is InChI=1S/C10H13BrN2/c1-6(12)9-3-10(9)7-2-8(11)5-13-4-7/h2,4-6,9-10H,3,12H2,1H3. The molecule has 1 aliphatic carbocycles. The average Bonchev–Trinajstić information content (AvgIpc) is 2.82. The van der Waals surface area contributed by atoms with E-state index in [0.29, 0.717) is 17.9 Å². The van der Waals surface area contributed by atoms with Gasteiger partial charge in [0.15, 0.2) is 0 Å². The number of halogens is 1. The Hall–Kier alpha value is -0.410. The van der Waals surface area contributed by atoms with Crippen LogP contribution in [0.15, 0.2) is 22.9 Å². The van der Waals surface area contributed by atoms with Gasteiger partial charge < -0.3 is 5.73 Å². The quantitative estimate of drug-likeness (QED) is 0.862. The minimum atomic E-state index is 0.309. The lowest BCUT2D eigenvalue weighted by Gasteiger charge is -2.03. The summed E-state index contributed by atoms with van der Waals surface area (Å²) in [5.41, 5.74) is 7.15. The van der Waals surface area contributed by atoms with Crippen LogP contribution in [-0.4, -0.2) is 11.0 Å². The molecule has 2 N–H and O–H groups in total. The van der Waals surface area contributed by atoms with Gasteiger partial charge in [0.25, 0.3) is 0 Å². The fraction of sp³-hybridized carbons (Fsp3) is 0.500. The third kappa shape index (κ3) is 1.92. The van der Waals surface area contributed by atoms with Gasteiger partial charge in [-0.25, -0.2) is 0 Å². The predicted octanol–water partition coefficient (Wildman–Crippen LogP) is 2.29. The monoisotopic (exact) mass is 240 g/mol. The van der Waals surface area contributed by atoms with Crippen LogP contribution >= 0.6 is 15.9 Å². The number of pyridine rings is 1. The summed E-state index contributed by atoms with van der Waals surface area (Å²) < 4.78 is 1.06. The molecule has 1 aromatic heterocycles. The van der Waals surface area contributed by atoms with Crippen molar-refractivity contribution in [3.05, 3.63) is 28.5 Å². The molecule has 1 aromatic rings. The molecule has 3 heteroatoms. The van der Waals surface area contributed by atoms with Gasteiger partial charge in [-0.05, 0) is 52.7 Å². The maximum absolute atomic E-state index is 5.83. The minimum Gasteiger partial charge on any atom is -0.328 e. The van der Waals surface area contributed by atoms with E-state index < -0.39 is 0 Å². The summed E-state index contributed by atoms with van der Waals surface area (Å²) in [5, 5.41) is 0. The van der Waals surface area contributed by atoms with E-state index in [-0.39, 0.29) is 0 Å². The number of hydrogen-bond acceptors (Lipinski definition) is 2. The molecule has 0 radical (unpaired) electrons. The maximum atomic E-state index is 5.83. The van der Waals surface area contributed by atoms with E-state index in [2.05, 4.69) is 33.9 Å². The molecule has 0 saturated heterocycles. The Labute approximate surface area is 86.7 Å². The van der Waals surface area contributed by atoms with Crippen molar-refractivity contribution < 1.29 is 0 Å². The van der Waals surface area contributed by atoms with Gasteiger partial charge in [-0.1, -0.05) is 0 Å². The summed E-state index contributed by atoms with van der Waals surface area (Å²) in [6.45, 7) is 2.08. The van der Waals surface area contributed by atoms with E-state index in [1.807, 2.05) is 12.4 Å². The summed E-state index contributed by atoms with van der Waals surface area (Å²) in [5.74, 6) is 1.31.